The van der Waals surface area contributed by atoms with E-state index in [0.29, 0.717) is 5.92 Å². The molecule has 1 aromatic heterocycles. The van der Waals surface area contributed by atoms with Crippen molar-refractivity contribution < 1.29 is 4.92 Å². The van der Waals surface area contributed by atoms with Crippen LogP contribution in [0.15, 0.2) is 18.3 Å². The monoisotopic (exact) mass is 179 g/mol. The summed E-state index contributed by atoms with van der Waals surface area (Å²) in [5.74, 6) is 0.347. The van der Waals surface area contributed by atoms with Gasteiger partial charge < -0.3 is 5.32 Å². The molecule has 68 valence electrons. The minimum absolute atomic E-state index is 0.122. The molecule has 1 N–H and O–H groups in total. The van der Waals surface area contributed by atoms with Crippen LogP contribution in [0.5, 0.6) is 0 Å². The lowest BCUT2D eigenvalue weighted by Crippen LogP contribution is -2.40. The second-order valence-corrected chi connectivity index (χ2v) is 3.05. The van der Waals surface area contributed by atoms with Crippen LogP contribution in [0, 0.1) is 10.1 Å². The molecule has 0 aliphatic carbocycles. The highest BCUT2D eigenvalue weighted by molar-refractivity contribution is 5.32. The molecule has 0 unspecified atom stereocenters. The van der Waals surface area contributed by atoms with E-state index in [4.69, 9.17) is 0 Å². The first-order valence-electron chi connectivity index (χ1n) is 4.08. The molecule has 1 aliphatic rings. The summed E-state index contributed by atoms with van der Waals surface area (Å²) in [4.78, 5) is 14.2. The minimum atomic E-state index is -0.392. The van der Waals surface area contributed by atoms with Crippen molar-refractivity contribution in [3.63, 3.8) is 0 Å². The summed E-state index contributed by atoms with van der Waals surface area (Å²) in [5, 5.41) is 13.5. The fourth-order valence-corrected chi connectivity index (χ4v) is 1.27. The molecule has 0 aromatic carbocycles. The van der Waals surface area contributed by atoms with Gasteiger partial charge in [-0.2, -0.15) is 0 Å². The summed E-state index contributed by atoms with van der Waals surface area (Å²) in [5.41, 5.74) is 0.935. The number of rotatable bonds is 2. The van der Waals surface area contributed by atoms with E-state index in [1.165, 1.54) is 12.3 Å². The van der Waals surface area contributed by atoms with Crippen LogP contribution in [-0.2, 0) is 0 Å². The predicted molar refractivity (Wildman–Crippen MR) is 46.5 cm³/mol. The van der Waals surface area contributed by atoms with Crippen molar-refractivity contribution in [1.82, 2.24) is 10.3 Å². The number of pyridine rings is 1. The molecule has 1 aromatic rings. The predicted octanol–water partition coefficient (Wildman–Crippen LogP) is 0.677. The van der Waals surface area contributed by atoms with Crippen LogP contribution in [0.1, 0.15) is 11.6 Å². The largest absolute Gasteiger partial charge is 0.315 e. The SMILES string of the molecule is O=[N+]([O-])c1ccnc(C2CNC2)c1. The Morgan fingerprint density at radius 3 is 2.92 bits per heavy atom. The summed E-state index contributed by atoms with van der Waals surface area (Å²) < 4.78 is 0. The number of aromatic nitrogens is 1. The molecule has 1 saturated heterocycles. The van der Waals surface area contributed by atoms with E-state index in [-0.39, 0.29) is 5.69 Å². The van der Waals surface area contributed by atoms with Gasteiger partial charge in [0.1, 0.15) is 0 Å². The Balaban J connectivity index is 2.26. The Kier molecular flexibility index (Phi) is 1.94. The number of nitrogens with one attached hydrogen (secondary N) is 1. The lowest BCUT2D eigenvalue weighted by atomic mass is 9.98. The molecule has 13 heavy (non-hydrogen) atoms. The van der Waals surface area contributed by atoms with Gasteiger partial charge in [0.15, 0.2) is 0 Å². The van der Waals surface area contributed by atoms with Gasteiger partial charge in [-0.05, 0) is 0 Å². The minimum Gasteiger partial charge on any atom is -0.315 e. The lowest BCUT2D eigenvalue weighted by Gasteiger charge is -2.26. The summed E-state index contributed by atoms with van der Waals surface area (Å²) >= 11 is 0. The number of nitrogens with zero attached hydrogens (tertiary/aromatic N) is 2. The summed E-state index contributed by atoms with van der Waals surface area (Å²) in [7, 11) is 0. The quantitative estimate of drug-likeness (QED) is 0.535. The van der Waals surface area contributed by atoms with Crippen molar-refractivity contribution in [1.29, 1.82) is 0 Å². The molecule has 0 amide bonds. The molecule has 0 saturated carbocycles. The molecule has 0 spiro atoms. The van der Waals surface area contributed by atoms with E-state index in [1.54, 1.807) is 6.07 Å². The molecule has 0 radical (unpaired) electrons. The second kappa shape index (κ2) is 3.10. The molecule has 2 heterocycles. The van der Waals surface area contributed by atoms with Gasteiger partial charge in [0.05, 0.1) is 10.6 Å². The van der Waals surface area contributed by atoms with Crippen molar-refractivity contribution in [2.45, 2.75) is 5.92 Å². The van der Waals surface area contributed by atoms with Gasteiger partial charge in [-0.3, -0.25) is 15.1 Å². The lowest BCUT2D eigenvalue weighted by molar-refractivity contribution is -0.385. The van der Waals surface area contributed by atoms with Gasteiger partial charge in [0.2, 0.25) is 0 Å². The smallest absolute Gasteiger partial charge is 0.272 e. The third-order valence-corrected chi connectivity index (χ3v) is 2.18. The first kappa shape index (κ1) is 8.12. The van der Waals surface area contributed by atoms with Crippen molar-refractivity contribution in [3.8, 4) is 0 Å². The molecule has 1 aliphatic heterocycles. The third-order valence-electron chi connectivity index (χ3n) is 2.18. The molecule has 0 atom stereocenters. The van der Waals surface area contributed by atoms with Gasteiger partial charge in [0.25, 0.3) is 5.69 Å². The number of nitro groups is 1. The van der Waals surface area contributed by atoms with Crippen molar-refractivity contribution >= 4 is 5.69 Å². The number of hydrogen-bond acceptors (Lipinski definition) is 4. The van der Waals surface area contributed by atoms with Crippen LogP contribution in [0.25, 0.3) is 0 Å². The van der Waals surface area contributed by atoms with Crippen LogP contribution < -0.4 is 5.32 Å². The second-order valence-electron chi connectivity index (χ2n) is 3.05. The molecule has 0 bridgehead atoms. The van der Waals surface area contributed by atoms with Gasteiger partial charge in [-0.15, -0.1) is 0 Å². The van der Waals surface area contributed by atoms with E-state index in [0.717, 1.165) is 18.8 Å². The van der Waals surface area contributed by atoms with Crippen molar-refractivity contribution in [2.75, 3.05) is 13.1 Å². The molecule has 1 fully saturated rings. The van der Waals surface area contributed by atoms with Crippen LogP contribution >= 0.6 is 0 Å². The summed E-state index contributed by atoms with van der Waals surface area (Å²) in [6.07, 6.45) is 1.49. The topological polar surface area (TPSA) is 68.1 Å². The van der Waals surface area contributed by atoms with E-state index >= 15 is 0 Å². The van der Waals surface area contributed by atoms with Crippen LogP contribution in [0.4, 0.5) is 5.69 Å². The standard InChI is InChI=1S/C8H9N3O2/c12-11(13)7-1-2-10-8(3-7)6-4-9-5-6/h1-3,6,9H,4-5H2. The Hall–Kier alpha value is -1.49. The van der Waals surface area contributed by atoms with Gasteiger partial charge in [-0.1, -0.05) is 0 Å². The zero-order chi connectivity index (χ0) is 9.26. The fraction of sp³-hybridized carbons (Fsp3) is 0.375. The highest BCUT2D eigenvalue weighted by Gasteiger charge is 2.21. The average Bonchev–Trinajstić information content (AvgIpc) is 2.01. The van der Waals surface area contributed by atoms with Gasteiger partial charge in [0, 0.05) is 37.3 Å². The van der Waals surface area contributed by atoms with Crippen LogP contribution in [-0.4, -0.2) is 23.0 Å². The molecule has 2 rings (SSSR count). The maximum Gasteiger partial charge on any atom is 0.272 e. The van der Waals surface area contributed by atoms with Crippen molar-refractivity contribution in [2.24, 2.45) is 0 Å². The average molecular weight is 179 g/mol. The Morgan fingerprint density at radius 1 is 1.62 bits per heavy atom. The van der Waals surface area contributed by atoms with E-state index in [1.807, 2.05) is 0 Å². The van der Waals surface area contributed by atoms with E-state index < -0.39 is 4.92 Å². The Bertz CT molecular complexity index is 336. The molecule has 5 heteroatoms. The summed E-state index contributed by atoms with van der Waals surface area (Å²) in [6, 6.07) is 2.96. The third kappa shape index (κ3) is 1.50. The van der Waals surface area contributed by atoms with Crippen molar-refractivity contribution in [3.05, 3.63) is 34.1 Å². The highest BCUT2D eigenvalue weighted by atomic mass is 16.6. The fourth-order valence-electron chi connectivity index (χ4n) is 1.27. The van der Waals surface area contributed by atoms with Crippen LogP contribution in [0.3, 0.4) is 0 Å². The van der Waals surface area contributed by atoms with Crippen LogP contribution in [0.2, 0.25) is 0 Å². The number of hydrogen-bond donors (Lipinski definition) is 1. The molecule has 5 nitrogen and oxygen atoms in total. The molecular weight excluding hydrogens is 170 g/mol. The maximum atomic E-state index is 10.4. The zero-order valence-electron chi connectivity index (χ0n) is 6.93. The van der Waals surface area contributed by atoms with E-state index in [2.05, 4.69) is 10.3 Å². The summed E-state index contributed by atoms with van der Waals surface area (Å²) in [6.45, 7) is 1.74. The van der Waals surface area contributed by atoms with E-state index in [9.17, 15) is 10.1 Å². The van der Waals surface area contributed by atoms with Gasteiger partial charge >= 0.3 is 0 Å². The maximum absolute atomic E-state index is 10.4. The highest BCUT2D eigenvalue weighted by Crippen LogP contribution is 2.20. The first-order chi connectivity index (χ1) is 6.27. The Labute approximate surface area is 74.9 Å². The Morgan fingerprint density at radius 2 is 2.38 bits per heavy atom. The first-order valence-corrected chi connectivity index (χ1v) is 4.08. The molecular formula is C8H9N3O2. The normalized spacial score (nSPS) is 16.6. The van der Waals surface area contributed by atoms with Gasteiger partial charge in [-0.25, -0.2) is 0 Å². The zero-order valence-corrected chi connectivity index (χ0v) is 6.93.